The molecule has 3 atom stereocenters. The maximum Gasteiger partial charge on any atom is 0.408 e. The minimum atomic E-state index is -4.40. The van der Waals surface area contributed by atoms with Crippen molar-refractivity contribution in [3.05, 3.63) is 47.5 Å². The van der Waals surface area contributed by atoms with Crippen molar-refractivity contribution in [1.82, 2.24) is 20.1 Å². The largest absolute Gasteiger partial charge is 0.444 e. The summed E-state index contributed by atoms with van der Waals surface area (Å²) in [6.45, 7) is 7.15. The molecule has 2 heterocycles. The Balaban J connectivity index is 1.75. The van der Waals surface area contributed by atoms with E-state index in [1.165, 1.54) is 0 Å². The molecule has 9 heteroatoms. The smallest absolute Gasteiger partial charge is 0.408 e. The van der Waals surface area contributed by atoms with Crippen molar-refractivity contribution in [2.75, 3.05) is 0 Å². The van der Waals surface area contributed by atoms with Gasteiger partial charge in [-0.1, -0.05) is 30.3 Å². The summed E-state index contributed by atoms with van der Waals surface area (Å²) in [5.41, 5.74) is -1.66. The van der Waals surface area contributed by atoms with Gasteiger partial charge in [-0.15, -0.1) is 10.2 Å². The summed E-state index contributed by atoms with van der Waals surface area (Å²) in [5.74, 6) is 0.169. The van der Waals surface area contributed by atoms with Gasteiger partial charge in [-0.3, -0.25) is 0 Å². The van der Waals surface area contributed by atoms with Crippen molar-refractivity contribution in [1.29, 1.82) is 0 Å². The number of fused-ring (bicyclic) bond motifs is 1. The van der Waals surface area contributed by atoms with Gasteiger partial charge < -0.3 is 14.6 Å². The number of halogens is 3. The van der Waals surface area contributed by atoms with Gasteiger partial charge in [0, 0.05) is 12.0 Å². The number of carbonyl (C=O) groups is 1. The fraction of sp³-hybridized carbons (Fsp3) is 0.591. The number of alkyl halides is 3. The summed E-state index contributed by atoms with van der Waals surface area (Å²) in [5, 5.41) is 10.9. The van der Waals surface area contributed by atoms with Gasteiger partial charge in [0.1, 0.15) is 16.8 Å². The summed E-state index contributed by atoms with van der Waals surface area (Å²) in [4.78, 5) is 12.5. The molecular weight excluding hydrogens is 409 g/mol. The lowest BCUT2D eigenvalue weighted by Crippen LogP contribution is -2.41. The van der Waals surface area contributed by atoms with E-state index in [0.717, 1.165) is 5.56 Å². The van der Waals surface area contributed by atoms with E-state index in [0.29, 0.717) is 12.2 Å². The third-order valence-corrected chi connectivity index (χ3v) is 6.15. The molecule has 1 N–H and O–H groups in total. The Hall–Kier alpha value is -2.58. The molecule has 1 aliphatic heterocycles. The molecule has 6 nitrogen and oxygen atoms in total. The molecule has 1 saturated carbocycles. The highest BCUT2D eigenvalue weighted by Gasteiger charge is 2.67. The Morgan fingerprint density at radius 3 is 2.35 bits per heavy atom. The van der Waals surface area contributed by atoms with Gasteiger partial charge in [0.2, 0.25) is 0 Å². The number of hydrogen-bond acceptors (Lipinski definition) is 4. The lowest BCUT2D eigenvalue weighted by molar-refractivity contribution is -0.163. The molecular formula is C22H27F3N4O2. The first-order valence-electron chi connectivity index (χ1n) is 10.5. The van der Waals surface area contributed by atoms with Gasteiger partial charge in [-0.2, -0.15) is 13.2 Å². The zero-order valence-corrected chi connectivity index (χ0v) is 18.0. The van der Waals surface area contributed by atoms with Gasteiger partial charge in [0.15, 0.2) is 5.82 Å². The van der Waals surface area contributed by atoms with Crippen LogP contribution in [0.25, 0.3) is 0 Å². The summed E-state index contributed by atoms with van der Waals surface area (Å²) in [6, 6.07) is 8.71. The van der Waals surface area contributed by atoms with Gasteiger partial charge >= 0.3 is 12.3 Å². The van der Waals surface area contributed by atoms with Gasteiger partial charge in [-0.25, -0.2) is 4.79 Å². The van der Waals surface area contributed by atoms with Crippen LogP contribution in [0.3, 0.4) is 0 Å². The van der Waals surface area contributed by atoms with Crippen LogP contribution in [-0.2, 0) is 10.2 Å². The standard InChI is InChI=1S/C22H27F3N4O2/c1-13-15(14-8-6-5-7-9-14)12-16(26-19(30)31-20(2,3)4)17-27-28-18(29(13)17)21(10-11-21)22(23,24)25/h5-9,13,15-16H,10-12H2,1-4H3,(H,26,30)/t13-,15-,16+/m1/s1. The Morgan fingerprint density at radius 2 is 1.81 bits per heavy atom. The normalized spacial score (nSPS) is 24.9. The molecule has 31 heavy (non-hydrogen) atoms. The van der Waals surface area contributed by atoms with E-state index in [9.17, 15) is 18.0 Å². The molecule has 2 aromatic rings. The molecule has 1 amide bonds. The van der Waals surface area contributed by atoms with Crippen LogP contribution in [0.5, 0.6) is 0 Å². The number of nitrogens with one attached hydrogen (secondary N) is 1. The minimum absolute atomic E-state index is 0.00151. The van der Waals surface area contributed by atoms with E-state index < -0.39 is 29.3 Å². The Bertz CT molecular complexity index is 961. The van der Waals surface area contributed by atoms with Crippen molar-refractivity contribution in [2.45, 2.75) is 82.2 Å². The number of ether oxygens (including phenoxy) is 1. The van der Waals surface area contributed by atoms with Crippen molar-refractivity contribution in [3.63, 3.8) is 0 Å². The number of benzene rings is 1. The second-order valence-corrected chi connectivity index (χ2v) is 9.52. The van der Waals surface area contributed by atoms with Crippen molar-refractivity contribution in [3.8, 4) is 0 Å². The van der Waals surface area contributed by atoms with E-state index in [-0.39, 0.29) is 30.6 Å². The predicted octanol–water partition coefficient (Wildman–Crippen LogP) is 5.19. The average molecular weight is 436 g/mol. The third kappa shape index (κ3) is 3.90. The minimum Gasteiger partial charge on any atom is -0.444 e. The SMILES string of the molecule is C[C@@H]1[C@H](c2ccccc2)C[C@H](NC(=O)OC(C)(C)C)c2nnc(C3(C(F)(F)F)CC3)n21. The molecule has 0 bridgehead atoms. The number of rotatable bonds is 3. The van der Waals surface area contributed by atoms with Crippen LogP contribution in [-0.4, -0.2) is 32.6 Å². The van der Waals surface area contributed by atoms with Gasteiger partial charge in [0.05, 0.1) is 6.04 Å². The molecule has 1 aromatic heterocycles. The van der Waals surface area contributed by atoms with Crippen LogP contribution in [0.1, 0.15) is 82.2 Å². The summed E-state index contributed by atoms with van der Waals surface area (Å²) < 4.78 is 48.7. The van der Waals surface area contributed by atoms with E-state index in [1.807, 2.05) is 37.3 Å². The van der Waals surface area contributed by atoms with E-state index in [1.54, 1.807) is 25.3 Å². The zero-order valence-electron chi connectivity index (χ0n) is 18.0. The second kappa shape index (κ2) is 7.24. The molecule has 4 rings (SSSR count). The first-order chi connectivity index (χ1) is 14.4. The number of amides is 1. The quantitative estimate of drug-likeness (QED) is 0.719. The molecule has 0 unspecified atom stereocenters. The molecule has 1 aromatic carbocycles. The van der Waals surface area contributed by atoms with E-state index in [4.69, 9.17) is 4.74 Å². The van der Waals surface area contributed by atoms with Crippen LogP contribution in [0, 0.1) is 0 Å². The number of alkyl carbamates (subject to hydrolysis) is 1. The molecule has 0 spiro atoms. The summed E-state index contributed by atoms with van der Waals surface area (Å²) in [7, 11) is 0. The van der Waals surface area contributed by atoms with Crippen LogP contribution >= 0.6 is 0 Å². The van der Waals surface area contributed by atoms with E-state index in [2.05, 4.69) is 15.5 Å². The van der Waals surface area contributed by atoms with Crippen LogP contribution in [0.2, 0.25) is 0 Å². The molecule has 0 radical (unpaired) electrons. The maximum absolute atomic E-state index is 13.9. The molecule has 1 fully saturated rings. The van der Waals surface area contributed by atoms with Crippen molar-refractivity contribution >= 4 is 6.09 Å². The number of aromatic nitrogens is 3. The fourth-order valence-corrected chi connectivity index (χ4v) is 4.45. The molecule has 0 saturated heterocycles. The summed E-state index contributed by atoms with van der Waals surface area (Å²) >= 11 is 0. The van der Waals surface area contributed by atoms with Gasteiger partial charge in [0.25, 0.3) is 0 Å². The molecule has 2 aliphatic rings. The first-order valence-corrected chi connectivity index (χ1v) is 10.5. The highest BCUT2D eigenvalue weighted by atomic mass is 19.4. The van der Waals surface area contributed by atoms with Crippen LogP contribution in [0.15, 0.2) is 30.3 Å². The Morgan fingerprint density at radius 1 is 1.16 bits per heavy atom. The van der Waals surface area contributed by atoms with Crippen molar-refractivity contribution < 1.29 is 22.7 Å². The van der Waals surface area contributed by atoms with E-state index >= 15 is 0 Å². The van der Waals surface area contributed by atoms with Crippen LogP contribution in [0.4, 0.5) is 18.0 Å². The summed E-state index contributed by atoms with van der Waals surface area (Å²) in [6.07, 6.45) is -4.54. The number of nitrogens with zero attached hydrogens (tertiary/aromatic N) is 3. The van der Waals surface area contributed by atoms with Crippen LogP contribution < -0.4 is 5.32 Å². The zero-order chi connectivity index (χ0) is 22.6. The van der Waals surface area contributed by atoms with Crippen molar-refractivity contribution in [2.24, 2.45) is 0 Å². The maximum atomic E-state index is 13.9. The predicted molar refractivity (Wildman–Crippen MR) is 108 cm³/mol. The fourth-order valence-electron chi connectivity index (χ4n) is 4.45. The third-order valence-electron chi connectivity index (χ3n) is 6.15. The first kappa shape index (κ1) is 21.6. The monoisotopic (exact) mass is 436 g/mol. The Labute approximate surface area is 179 Å². The molecule has 168 valence electrons. The topological polar surface area (TPSA) is 69.0 Å². The lowest BCUT2D eigenvalue weighted by atomic mass is 9.83. The lowest BCUT2D eigenvalue weighted by Gasteiger charge is -2.37. The second-order valence-electron chi connectivity index (χ2n) is 9.52. The highest BCUT2D eigenvalue weighted by Crippen LogP contribution is 2.59. The highest BCUT2D eigenvalue weighted by molar-refractivity contribution is 5.68. The average Bonchev–Trinajstić information content (AvgIpc) is 3.36. The molecule has 1 aliphatic carbocycles. The Kier molecular flexibility index (Phi) is 5.05. The number of hydrogen-bond donors (Lipinski definition) is 1. The number of carbonyl (C=O) groups excluding carboxylic acids is 1. The van der Waals surface area contributed by atoms with Gasteiger partial charge in [-0.05, 0) is 52.5 Å².